The summed E-state index contributed by atoms with van der Waals surface area (Å²) in [5.41, 5.74) is 1.17. The van der Waals surface area contributed by atoms with E-state index in [9.17, 15) is 4.39 Å². The second-order valence-electron chi connectivity index (χ2n) is 3.32. The number of halogens is 3. The Kier molecular flexibility index (Phi) is 4.35. The van der Waals surface area contributed by atoms with Crippen molar-refractivity contribution < 1.29 is 4.39 Å². The van der Waals surface area contributed by atoms with Crippen molar-refractivity contribution in [3.8, 4) is 0 Å². The summed E-state index contributed by atoms with van der Waals surface area (Å²) in [6.45, 7) is 1.07. The Morgan fingerprint density at radius 3 is 2.79 bits per heavy atom. The zero-order valence-corrected chi connectivity index (χ0v) is 10.00. The fraction of sp³-hybridized carbons (Fsp3) is 0.400. The summed E-state index contributed by atoms with van der Waals surface area (Å²) in [5, 5.41) is 3.38. The van der Waals surface area contributed by atoms with Gasteiger partial charge in [0.15, 0.2) is 0 Å². The molecule has 0 bridgehead atoms. The van der Waals surface area contributed by atoms with Crippen molar-refractivity contribution in [1.29, 1.82) is 0 Å². The van der Waals surface area contributed by atoms with Gasteiger partial charge in [0.2, 0.25) is 0 Å². The first-order valence-corrected chi connectivity index (χ1v) is 5.25. The van der Waals surface area contributed by atoms with Crippen molar-refractivity contribution in [2.24, 2.45) is 0 Å². The van der Waals surface area contributed by atoms with Gasteiger partial charge in [0.05, 0.1) is 4.47 Å². The first-order chi connectivity index (χ1) is 6.27. The Hall–Kier alpha value is -0.120. The highest BCUT2D eigenvalue weighted by molar-refractivity contribution is 9.10. The Balaban J connectivity index is 0.000000980. The molecule has 0 spiro atoms. The van der Waals surface area contributed by atoms with Crippen LogP contribution in [-0.4, -0.2) is 6.54 Å². The van der Waals surface area contributed by atoms with Crippen LogP contribution in [0.5, 0.6) is 0 Å². The van der Waals surface area contributed by atoms with E-state index in [1.165, 1.54) is 18.1 Å². The van der Waals surface area contributed by atoms with Crippen molar-refractivity contribution in [2.45, 2.75) is 18.9 Å². The molecule has 78 valence electrons. The van der Waals surface area contributed by atoms with Gasteiger partial charge in [0.25, 0.3) is 0 Å². The van der Waals surface area contributed by atoms with Gasteiger partial charge < -0.3 is 5.32 Å². The largest absolute Gasteiger partial charge is 0.310 e. The van der Waals surface area contributed by atoms with E-state index in [1.807, 2.05) is 12.1 Å². The van der Waals surface area contributed by atoms with Crippen molar-refractivity contribution in [3.63, 3.8) is 0 Å². The van der Waals surface area contributed by atoms with Crippen LogP contribution >= 0.6 is 28.3 Å². The van der Waals surface area contributed by atoms with Gasteiger partial charge in [-0.3, -0.25) is 0 Å². The van der Waals surface area contributed by atoms with Gasteiger partial charge in [-0.15, -0.1) is 12.4 Å². The van der Waals surface area contributed by atoms with E-state index in [1.54, 1.807) is 0 Å². The monoisotopic (exact) mass is 279 g/mol. The van der Waals surface area contributed by atoms with E-state index in [0.717, 1.165) is 13.0 Å². The van der Waals surface area contributed by atoms with Gasteiger partial charge in [-0.05, 0) is 53.0 Å². The third kappa shape index (κ3) is 2.47. The second-order valence-corrected chi connectivity index (χ2v) is 4.18. The first kappa shape index (κ1) is 12.0. The fourth-order valence-electron chi connectivity index (χ4n) is 1.70. The lowest BCUT2D eigenvalue weighted by molar-refractivity contribution is 0.611. The first-order valence-electron chi connectivity index (χ1n) is 4.46. The van der Waals surface area contributed by atoms with Crippen LogP contribution in [0, 0.1) is 5.82 Å². The Morgan fingerprint density at radius 1 is 1.43 bits per heavy atom. The van der Waals surface area contributed by atoms with Gasteiger partial charge >= 0.3 is 0 Å². The van der Waals surface area contributed by atoms with Crippen LogP contribution in [0.25, 0.3) is 0 Å². The van der Waals surface area contributed by atoms with Gasteiger partial charge in [-0.25, -0.2) is 4.39 Å². The van der Waals surface area contributed by atoms with Gasteiger partial charge in [0.1, 0.15) is 5.82 Å². The highest BCUT2D eigenvalue weighted by atomic mass is 79.9. The zero-order valence-electron chi connectivity index (χ0n) is 7.59. The van der Waals surface area contributed by atoms with E-state index in [0.29, 0.717) is 10.5 Å². The van der Waals surface area contributed by atoms with Crippen molar-refractivity contribution >= 4 is 28.3 Å². The van der Waals surface area contributed by atoms with E-state index >= 15 is 0 Å². The highest BCUT2D eigenvalue weighted by Crippen LogP contribution is 2.26. The quantitative estimate of drug-likeness (QED) is 0.831. The van der Waals surface area contributed by atoms with Crippen LogP contribution in [0.1, 0.15) is 24.4 Å². The van der Waals surface area contributed by atoms with Crippen LogP contribution in [-0.2, 0) is 0 Å². The minimum absolute atomic E-state index is 0. The molecule has 1 aliphatic heterocycles. The molecule has 0 saturated carbocycles. The molecule has 14 heavy (non-hydrogen) atoms. The third-order valence-electron chi connectivity index (χ3n) is 2.41. The molecule has 0 radical (unpaired) electrons. The molecule has 1 nitrogen and oxygen atoms in total. The molecule has 0 amide bonds. The lowest BCUT2D eigenvalue weighted by Crippen LogP contribution is -2.12. The number of rotatable bonds is 1. The van der Waals surface area contributed by atoms with Crippen LogP contribution in [0.2, 0.25) is 0 Å². The summed E-state index contributed by atoms with van der Waals surface area (Å²) in [7, 11) is 0. The average Bonchev–Trinajstić information content (AvgIpc) is 2.62. The molecular formula is C10H12BrClFN. The van der Waals surface area contributed by atoms with Crippen molar-refractivity contribution in [2.75, 3.05) is 6.54 Å². The van der Waals surface area contributed by atoms with E-state index < -0.39 is 0 Å². The Bertz CT molecular complexity index is 313. The number of hydrogen-bond donors (Lipinski definition) is 1. The summed E-state index contributed by atoms with van der Waals surface area (Å²) < 4.78 is 13.5. The van der Waals surface area contributed by atoms with E-state index in [2.05, 4.69) is 21.2 Å². The number of nitrogens with one attached hydrogen (secondary N) is 1. The second kappa shape index (κ2) is 5.10. The van der Waals surface area contributed by atoms with Gasteiger partial charge in [-0.1, -0.05) is 6.07 Å². The molecule has 2 rings (SSSR count). The zero-order chi connectivity index (χ0) is 9.26. The lowest BCUT2D eigenvalue weighted by atomic mass is 10.1. The molecule has 4 heteroatoms. The molecule has 1 heterocycles. The fourth-order valence-corrected chi connectivity index (χ4v) is 2.09. The summed E-state index contributed by atoms with van der Waals surface area (Å²) in [5.74, 6) is -0.193. The normalized spacial score (nSPS) is 20.6. The molecule has 1 N–H and O–H groups in total. The molecule has 1 aromatic rings. The molecule has 0 aromatic heterocycles. The van der Waals surface area contributed by atoms with Crippen molar-refractivity contribution in [1.82, 2.24) is 5.32 Å². The van der Waals surface area contributed by atoms with Crippen LogP contribution in [0.3, 0.4) is 0 Å². The molecule has 0 unspecified atom stereocenters. The number of benzene rings is 1. The average molecular weight is 281 g/mol. The van der Waals surface area contributed by atoms with Gasteiger partial charge in [0, 0.05) is 6.04 Å². The molecule has 1 fully saturated rings. The maximum absolute atomic E-state index is 12.9. The van der Waals surface area contributed by atoms with E-state index in [-0.39, 0.29) is 18.2 Å². The predicted octanol–water partition coefficient (Wildman–Crippen LogP) is 3.43. The predicted molar refractivity (Wildman–Crippen MR) is 61.3 cm³/mol. The van der Waals surface area contributed by atoms with Crippen LogP contribution < -0.4 is 5.32 Å². The maximum atomic E-state index is 12.9. The Morgan fingerprint density at radius 2 is 2.21 bits per heavy atom. The van der Waals surface area contributed by atoms with Crippen LogP contribution in [0.15, 0.2) is 22.7 Å². The lowest BCUT2D eigenvalue weighted by Gasteiger charge is -2.10. The summed E-state index contributed by atoms with van der Waals surface area (Å²) in [4.78, 5) is 0. The summed E-state index contributed by atoms with van der Waals surface area (Å²) in [6, 6.07) is 5.64. The maximum Gasteiger partial charge on any atom is 0.137 e. The van der Waals surface area contributed by atoms with Gasteiger partial charge in [-0.2, -0.15) is 0 Å². The van der Waals surface area contributed by atoms with Crippen LogP contribution in [0.4, 0.5) is 4.39 Å². The third-order valence-corrected chi connectivity index (χ3v) is 3.01. The molecule has 0 aliphatic carbocycles. The summed E-state index contributed by atoms with van der Waals surface area (Å²) >= 11 is 3.19. The van der Waals surface area contributed by atoms with E-state index in [4.69, 9.17) is 0 Å². The van der Waals surface area contributed by atoms with Crippen molar-refractivity contribution in [3.05, 3.63) is 34.1 Å². The summed E-state index contributed by atoms with van der Waals surface area (Å²) in [6.07, 6.45) is 2.36. The highest BCUT2D eigenvalue weighted by Gasteiger charge is 2.16. The standard InChI is InChI=1S/C10H11BrFN.ClH/c11-8-6-7(3-4-9(8)12)10-2-1-5-13-10;/h3-4,6,10,13H,1-2,5H2;1H/t10-;/m1./s1. The Labute approximate surface area is 97.6 Å². The minimum atomic E-state index is -0.193. The smallest absolute Gasteiger partial charge is 0.137 e. The topological polar surface area (TPSA) is 12.0 Å². The number of hydrogen-bond acceptors (Lipinski definition) is 1. The SMILES string of the molecule is Cl.Fc1ccc([C@H]2CCCN2)cc1Br. The molecule has 1 aromatic carbocycles. The molecular weight excluding hydrogens is 268 g/mol. The molecule has 1 saturated heterocycles. The molecule has 1 atom stereocenters. The molecule has 1 aliphatic rings. The minimum Gasteiger partial charge on any atom is -0.310 e.